The molecule has 0 saturated carbocycles. The number of rotatable bonds is 6. The lowest BCUT2D eigenvalue weighted by atomic mass is 10.1. The quantitative estimate of drug-likeness (QED) is 0.732. The van der Waals surface area contributed by atoms with Gasteiger partial charge in [0, 0.05) is 38.7 Å². The summed E-state index contributed by atoms with van der Waals surface area (Å²) in [6.45, 7) is 0.483. The number of aromatic nitrogens is 4. The van der Waals surface area contributed by atoms with Crippen LogP contribution in [0.25, 0.3) is 5.69 Å². The second kappa shape index (κ2) is 7.57. The zero-order valence-corrected chi connectivity index (χ0v) is 13.9. The molecular weight excluding hydrogens is 318 g/mol. The second-order valence-electron chi connectivity index (χ2n) is 5.62. The summed E-state index contributed by atoms with van der Waals surface area (Å²) in [5.74, 6) is -0.0383. The summed E-state index contributed by atoms with van der Waals surface area (Å²) in [4.78, 5) is 23.4. The topological polar surface area (TPSA) is 81.8 Å². The van der Waals surface area contributed by atoms with E-state index in [9.17, 15) is 9.59 Å². The third-order valence-electron chi connectivity index (χ3n) is 3.83. The standard InChI is InChI=1S/C18H19N5O2/c1-19-18(25)8-9-22-13-15(12-20-22)23-10-7-17(24)16(21-23)11-14-5-3-2-4-6-14/h2-7,10,12-13H,8-9,11H2,1H3,(H,19,25). The van der Waals surface area contributed by atoms with Crippen molar-refractivity contribution in [3.8, 4) is 5.69 Å². The Balaban J connectivity index is 1.79. The summed E-state index contributed by atoms with van der Waals surface area (Å²) in [5.41, 5.74) is 2.16. The maximum Gasteiger partial charge on any atom is 0.221 e. The molecule has 2 aromatic heterocycles. The second-order valence-corrected chi connectivity index (χ2v) is 5.62. The molecule has 25 heavy (non-hydrogen) atoms. The summed E-state index contributed by atoms with van der Waals surface area (Å²) in [7, 11) is 1.61. The van der Waals surface area contributed by atoms with Crippen molar-refractivity contribution in [2.75, 3.05) is 7.05 Å². The molecule has 1 amide bonds. The Morgan fingerprint density at radius 1 is 1.20 bits per heavy atom. The van der Waals surface area contributed by atoms with Crippen LogP contribution in [0.3, 0.4) is 0 Å². The number of benzene rings is 1. The van der Waals surface area contributed by atoms with Crippen LogP contribution >= 0.6 is 0 Å². The first-order valence-corrected chi connectivity index (χ1v) is 8.02. The monoisotopic (exact) mass is 337 g/mol. The smallest absolute Gasteiger partial charge is 0.221 e. The Bertz CT molecular complexity index is 914. The van der Waals surface area contributed by atoms with Gasteiger partial charge < -0.3 is 5.32 Å². The van der Waals surface area contributed by atoms with E-state index in [2.05, 4.69) is 15.5 Å². The predicted octanol–water partition coefficient (Wildman–Crippen LogP) is 1.16. The van der Waals surface area contributed by atoms with E-state index >= 15 is 0 Å². The van der Waals surface area contributed by atoms with Crippen LogP contribution in [0.1, 0.15) is 17.7 Å². The third-order valence-corrected chi connectivity index (χ3v) is 3.83. The minimum atomic E-state index is -0.0906. The average molecular weight is 337 g/mol. The SMILES string of the molecule is CNC(=O)CCn1cc(-n2ccc(=O)c(Cc3ccccc3)n2)cn1. The zero-order chi connectivity index (χ0) is 17.6. The normalized spacial score (nSPS) is 10.6. The third kappa shape index (κ3) is 4.20. The fourth-order valence-electron chi connectivity index (χ4n) is 2.44. The van der Waals surface area contributed by atoms with Crippen LogP contribution in [0.5, 0.6) is 0 Å². The number of amides is 1. The first kappa shape index (κ1) is 16.6. The molecule has 0 aliphatic heterocycles. The number of hydrogen-bond donors (Lipinski definition) is 1. The van der Waals surface area contributed by atoms with Crippen molar-refractivity contribution in [3.05, 3.63) is 76.5 Å². The lowest BCUT2D eigenvalue weighted by Crippen LogP contribution is -2.19. The van der Waals surface area contributed by atoms with Crippen molar-refractivity contribution in [3.63, 3.8) is 0 Å². The Labute approximate surface area is 144 Å². The molecule has 2 heterocycles. The van der Waals surface area contributed by atoms with Gasteiger partial charge in [0.1, 0.15) is 11.4 Å². The molecule has 7 heteroatoms. The van der Waals surface area contributed by atoms with Crippen molar-refractivity contribution in [1.29, 1.82) is 0 Å². The van der Waals surface area contributed by atoms with Gasteiger partial charge in [-0.15, -0.1) is 0 Å². The van der Waals surface area contributed by atoms with E-state index in [1.54, 1.807) is 35.0 Å². The van der Waals surface area contributed by atoms with Crippen molar-refractivity contribution in [2.45, 2.75) is 19.4 Å². The number of carbonyl (C=O) groups excluding carboxylic acids is 1. The van der Waals surface area contributed by atoms with E-state index in [1.807, 2.05) is 30.3 Å². The summed E-state index contributed by atoms with van der Waals surface area (Å²) < 4.78 is 3.31. The molecule has 3 rings (SSSR count). The van der Waals surface area contributed by atoms with E-state index in [-0.39, 0.29) is 11.3 Å². The summed E-state index contributed by atoms with van der Waals surface area (Å²) >= 11 is 0. The maximum atomic E-state index is 12.1. The highest BCUT2D eigenvalue weighted by Gasteiger charge is 2.07. The minimum absolute atomic E-state index is 0.0383. The van der Waals surface area contributed by atoms with E-state index in [4.69, 9.17) is 0 Å². The van der Waals surface area contributed by atoms with Gasteiger partial charge in [-0.3, -0.25) is 14.3 Å². The first-order valence-electron chi connectivity index (χ1n) is 8.02. The van der Waals surface area contributed by atoms with Crippen LogP contribution in [-0.2, 0) is 17.8 Å². The lowest BCUT2D eigenvalue weighted by molar-refractivity contribution is -0.120. The van der Waals surface area contributed by atoms with E-state index in [0.717, 1.165) is 11.3 Å². The van der Waals surface area contributed by atoms with Gasteiger partial charge in [0.05, 0.1) is 12.4 Å². The molecule has 0 aliphatic carbocycles. The Kier molecular flexibility index (Phi) is 5.03. The molecule has 1 aromatic carbocycles. The number of nitrogens with one attached hydrogen (secondary N) is 1. The number of carbonyl (C=O) groups is 1. The van der Waals surface area contributed by atoms with E-state index in [1.165, 1.54) is 6.07 Å². The summed E-state index contributed by atoms with van der Waals surface area (Å²) in [5, 5.41) is 11.2. The molecule has 0 bridgehead atoms. The lowest BCUT2D eigenvalue weighted by Gasteiger charge is -2.05. The highest BCUT2D eigenvalue weighted by molar-refractivity contribution is 5.75. The fourth-order valence-corrected chi connectivity index (χ4v) is 2.44. The van der Waals surface area contributed by atoms with Crippen molar-refractivity contribution in [1.82, 2.24) is 24.9 Å². The van der Waals surface area contributed by atoms with Gasteiger partial charge in [0.25, 0.3) is 0 Å². The number of aryl methyl sites for hydroxylation is 1. The summed E-state index contributed by atoms with van der Waals surface area (Å²) in [6.07, 6.45) is 5.91. The van der Waals surface area contributed by atoms with Gasteiger partial charge in [0.15, 0.2) is 0 Å². The molecular formula is C18H19N5O2. The fraction of sp³-hybridized carbons (Fsp3) is 0.222. The van der Waals surface area contributed by atoms with Crippen LogP contribution in [-0.4, -0.2) is 32.5 Å². The van der Waals surface area contributed by atoms with Gasteiger partial charge >= 0.3 is 0 Å². The maximum absolute atomic E-state index is 12.1. The van der Waals surface area contributed by atoms with Gasteiger partial charge in [-0.05, 0) is 5.56 Å². The van der Waals surface area contributed by atoms with Gasteiger partial charge in [-0.1, -0.05) is 30.3 Å². The van der Waals surface area contributed by atoms with E-state index in [0.29, 0.717) is 25.1 Å². The molecule has 0 fully saturated rings. The molecule has 0 spiro atoms. The minimum Gasteiger partial charge on any atom is -0.359 e. The molecule has 3 aromatic rings. The van der Waals surface area contributed by atoms with E-state index < -0.39 is 0 Å². The molecule has 0 atom stereocenters. The van der Waals surface area contributed by atoms with Crippen LogP contribution in [0.15, 0.2) is 59.8 Å². The largest absolute Gasteiger partial charge is 0.359 e. The van der Waals surface area contributed by atoms with Crippen molar-refractivity contribution >= 4 is 5.91 Å². The van der Waals surface area contributed by atoms with Crippen LogP contribution in [0.4, 0.5) is 0 Å². The molecule has 7 nitrogen and oxygen atoms in total. The average Bonchev–Trinajstić information content (AvgIpc) is 3.11. The molecule has 1 N–H and O–H groups in total. The first-order chi connectivity index (χ1) is 12.2. The number of nitrogens with zero attached hydrogens (tertiary/aromatic N) is 4. The molecule has 0 saturated heterocycles. The highest BCUT2D eigenvalue weighted by Crippen LogP contribution is 2.07. The number of hydrogen-bond acceptors (Lipinski definition) is 4. The summed E-state index contributed by atoms with van der Waals surface area (Å²) in [6, 6.07) is 11.3. The molecule has 0 aliphatic rings. The van der Waals surface area contributed by atoms with Gasteiger partial charge in [-0.25, -0.2) is 4.68 Å². The van der Waals surface area contributed by atoms with Crippen molar-refractivity contribution in [2.24, 2.45) is 0 Å². The van der Waals surface area contributed by atoms with Crippen LogP contribution < -0.4 is 10.7 Å². The zero-order valence-electron chi connectivity index (χ0n) is 13.9. The molecule has 0 unspecified atom stereocenters. The van der Waals surface area contributed by atoms with Gasteiger partial charge in [-0.2, -0.15) is 10.2 Å². The molecule has 128 valence electrons. The predicted molar refractivity (Wildman–Crippen MR) is 93.6 cm³/mol. The van der Waals surface area contributed by atoms with Crippen LogP contribution in [0, 0.1) is 0 Å². The van der Waals surface area contributed by atoms with Crippen molar-refractivity contribution < 1.29 is 4.79 Å². The highest BCUT2D eigenvalue weighted by atomic mass is 16.1. The Morgan fingerprint density at radius 3 is 2.76 bits per heavy atom. The van der Waals surface area contributed by atoms with Gasteiger partial charge in [0.2, 0.25) is 11.3 Å². The Hall–Kier alpha value is -3.22. The molecule has 0 radical (unpaired) electrons. The van der Waals surface area contributed by atoms with Crippen LogP contribution in [0.2, 0.25) is 0 Å². The Morgan fingerprint density at radius 2 is 2.00 bits per heavy atom.